The van der Waals surface area contributed by atoms with Gasteiger partial charge in [0.1, 0.15) is 17.4 Å². The van der Waals surface area contributed by atoms with Crippen LogP contribution in [0, 0.1) is 6.92 Å². The van der Waals surface area contributed by atoms with E-state index in [9.17, 15) is 4.79 Å². The predicted octanol–water partition coefficient (Wildman–Crippen LogP) is 3.63. The molecular formula is C20H24N6O2S. The summed E-state index contributed by atoms with van der Waals surface area (Å²) in [5, 5.41) is 16.5. The van der Waals surface area contributed by atoms with Crippen LogP contribution in [0.3, 0.4) is 0 Å². The van der Waals surface area contributed by atoms with E-state index >= 15 is 0 Å². The quantitative estimate of drug-likeness (QED) is 0.597. The number of ether oxygens (including phenoxy) is 1. The number of carbonyl (C=O) groups is 1. The molecule has 2 aromatic heterocycles. The van der Waals surface area contributed by atoms with Gasteiger partial charge in [0.15, 0.2) is 5.16 Å². The van der Waals surface area contributed by atoms with Crippen molar-refractivity contribution in [2.75, 3.05) is 18.2 Å². The Labute approximate surface area is 173 Å². The molecule has 29 heavy (non-hydrogen) atoms. The van der Waals surface area contributed by atoms with Crippen LogP contribution in [0.25, 0.3) is 5.69 Å². The van der Waals surface area contributed by atoms with Gasteiger partial charge in [-0.15, -0.1) is 10.2 Å². The van der Waals surface area contributed by atoms with Crippen LogP contribution >= 0.6 is 11.8 Å². The average Bonchev–Trinajstić information content (AvgIpc) is 3.47. The first-order valence-electron chi connectivity index (χ1n) is 9.68. The Morgan fingerprint density at radius 3 is 2.69 bits per heavy atom. The molecule has 0 unspecified atom stereocenters. The summed E-state index contributed by atoms with van der Waals surface area (Å²) in [5.74, 6) is 2.46. The van der Waals surface area contributed by atoms with E-state index in [-0.39, 0.29) is 11.7 Å². The summed E-state index contributed by atoms with van der Waals surface area (Å²) in [6.45, 7) is 1.89. The van der Waals surface area contributed by atoms with Gasteiger partial charge in [0, 0.05) is 11.8 Å². The second-order valence-electron chi connectivity index (χ2n) is 7.00. The van der Waals surface area contributed by atoms with Gasteiger partial charge in [-0.3, -0.25) is 9.36 Å². The van der Waals surface area contributed by atoms with E-state index < -0.39 is 0 Å². The molecule has 1 aliphatic carbocycles. The fourth-order valence-electron chi connectivity index (χ4n) is 3.63. The lowest BCUT2D eigenvalue weighted by Crippen LogP contribution is -2.19. The number of amides is 1. The average molecular weight is 413 g/mol. The number of hydrogen-bond acceptors (Lipinski definition) is 6. The Hall–Kier alpha value is -2.81. The zero-order valence-corrected chi connectivity index (χ0v) is 17.4. The molecule has 2 heterocycles. The van der Waals surface area contributed by atoms with Crippen LogP contribution in [0.5, 0.6) is 5.75 Å². The van der Waals surface area contributed by atoms with Crippen LogP contribution < -0.4 is 10.1 Å². The van der Waals surface area contributed by atoms with E-state index in [1.165, 1.54) is 24.6 Å². The Morgan fingerprint density at radius 2 is 1.97 bits per heavy atom. The van der Waals surface area contributed by atoms with E-state index in [1.54, 1.807) is 13.3 Å². The van der Waals surface area contributed by atoms with Crippen LogP contribution in [0.4, 0.5) is 5.82 Å². The maximum atomic E-state index is 12.5. The topological polar surface area (TPSA) is 86.9 Å². The zero-order chi connectivity index (χ0) is 20.2. The molecule has 152 valence electrons. The van der Waals surface area contributed by atoms with E-state index in [0.717, 1.165) is 35.9 Å². The third-order valence-electron chi connectivity index (χ3n) is 5.07. The first-order chi connectivity index (χ1) is 14.2. The molecule has 1 fully saturated rings. The summed E-state index contributed by atoms with van der Waals surface area (Å²) in [7, 11) is 1.64. The molecule has 4 rings (SSSR count). The molecule has 0 bridgehead atoms. The summed E-state index contributed by atoms with van der Waals surface area (Å²) in [6, 6.07) is 9.90. The van der Waals surface area contributed by atoms with Gasteiger partial charge < -0.3 is 10.1 Å². The summed E-state index contributed by atoms with van der Waals surface area (Å²) < 4.78 is 9.09. The summed E-state index contributed by atoms with van der Waals surface area (Å²) in [4.78, 5) is 12.5. The number of aryl methyl sites for hydroxylation is 1. The van der Waals surface area contributed by atoms with Gasteiger partial charge in [0.05, 0.1) is 25.1 Å². The number of benzene rings is 1. The first kappa shape index (κ1) is 19.5. The number of rotatable bonds is 7. The van der Waals surface area contributed by atoms with Gasteiger partial charge in [-0.1, -0.05) is 24.6 Å². The standard InChI is InChI=1S/C20H24N6O2S/c1-14-23-24-20(25(14)15-7-9-17(28-2)10-8-15)29-13-19(27)22-18-11-12-21-26(18)16-5-3-4-6-16/h7-12,16H,3-6,13H2,1-2H3,(H,22,27). The molecule has 0 aliphatic heterocycles. The molecule has 1 N–H and O–H groups in total. The van der Waals surface area contributed by atoms with Crippen molar-refractivity contribution in [1.29, 1.82) is 0 Å². The lowest BCUT2D eigenvalue weighted by Gasteiger charge is -2.14. The van der Waals surface area contributed by atoms with Gasteiger partial charge in [0.25, 0.3) is 0 Å². The van der Waals surface area contributed by atoms with Crippen LogP contribution in [-0.2, 0) is 4.79 Å². The monoisotopic (exact) mass is 412 g/mol. The van der Waals surface area contributed by atoms with Crippen molar-refractivity contribution in [3.05, 3.63) is 42.4 Å². The largest absolute Gasteiger partial charge is 0.497 e. The molecule has 0 saturated heterocycles. The van der Waals surface area contributed by atoms with Crippen molar-refractivity contribution in [1.82, 2.24) is 24.5 Å². The zero-order valence-electron chi connectivity index (χ0n) is 16.5. The van der Waals surface area contributed by atoms with Gasteiger partial charge in [0.2, 0.25) is 5.91 Å². The van der Waals surface area contributed by atoms with Gasteiger partial charge >= 0.3 is 0 Å². The molecule has 1 amide bonds. The number of thioether (sulfide) groups is 1. The van der Waals surface area contributed by atoms with Crippen LogP contribution in [0.2, 0.25) is 0 Å². The highest BCUT2D eigenvalue weighted by Crippen LogP contribution is 2.31. The fourth-order valence-corrected chi connectivity index (χ4v) is 4.42. The van der Waals surface area contributed by atoms with E-state index in [0.29, 0.717) is 11.2 Å². The highest BCUT2D eigenvalue weighted by atomic mass is 32.2. The minimum Gasteiger partial charge on any atom is -0.497 e. The van der Waals surface area contributed by atoms with Crippen LogP contribution in [0.1, 0.15) is 37.5 Å². The predicted molar refractivity (Wildman–Crippen MR) is 112 cm³/mol. The lowest BCUT2D eigenvalue weighted by atomic mass is 10.2. The van der Waals surface area contributed by atoms with Crippen molar-refractivity contribution in [2.24, 2.45) is 0 Å². The molecule has 0 atom stereocenters. The van der Waals surface area contributed by atoms with Crippen molar-refractivity contribution in [3.63, 3.8) is 0 Å². The molecule has 3 aromatic rings. The summed E-state index contributed by atoms with van der Waals surface area (Å²) in [5.41, 5.74) is 0.926. The molecular weight excluding hydrogens is 388 g/mol. The van der Waals surface area contributed by atoms with Gasteiger partial charge in [-0.25, -0.2) is 4.68 Å². The summed E-state index contributed by atoms with van der Waals surface area (Å²) >= 11 is 1.36. The molecule has 1 aliphatic rings. The normalized spacial score (nSPS) is 14.3. The van der Waals surface area contributed by atoms with E-state index in [1.807, 2.05) is 46.5 Å². The molecule has 0 radical (unpaired) electrons. The maximum absolute atomic E-state index is 12.5. The molecule has 1 aromatic carbocycles. The van der Waals surface area contributed by atoms with E-state index in [4.69, 9.17) is 4.74 Å². The minimum absolute atomic E-state index is 0.0864. The first-order valence-corrected chi connectivity index (χ1v) is 10.7. The van der Waals surface area contributed by atoms with Crippen LogP contribution in [-0.4, -0.2) is 43.3 Å². The highest BCUT2D eigenvalue weighted by molar-refractivity contribution is 7.99. The minimum atomic E-state index is -0.0864. The number of nitrogens with zero attached hydrogens (tertiary/aromatic N) is 5. The number of methoxy groups -OCH3 is 1. The molecule has 0 spiro atoms. The van der Waals surface area contributed by atoms with Crippen LogP contribution in [0.15, 0.2) is 41.7 Å². The Bertz CT molecular complexity index is 975. The second-order valence-corrected chi connectivity index (χ2v) is 7.94. The molecule has 8 nitrogen and oxygen atoms in total. The number of aromatic nitrogens is 5. The number of carbonyl (C=O) groups excluding carboxylic acids is 1. The third kappa shape index (κ3) is 4.29. The Balaban J connectivity index is 1.42. The highest BCUT2D eigenvalue weighted by Gasteiger charge is 2.21. The van der Waals surface area contributed by atoms with Crippen molar-refractivity contribution >= 4 is 23.5 Å². The Kier molecular flexibility index (Phi) is 5.84. The maximum Gasteiger partial charge on any atom is 0.235 e. The van der Waals surface area contributed by atoms with E-state index in [2.05, 4.69) is 20.6 Å². The van der Waals surface area contributed by atoms with Crippen molar-refractivity contribution < 1.29 is 9.53 Å². The SMILES string of the molecule is COc1ccc(-n2c(C)nnc2SCC(=O)Nc2ccnn2C2CCCC2)cc1. The molecule has 9 heteroatoms. The van der Waals surface area contributed by atoms with Gasteiger partial charge in [-0.05, 0) is 44.0 Å². The lowest BCUT2D eigenvalue weighted by molar-refractivity contribution is -0.113. The number of hydrogen-bond donors (Lipinski definition) is 1. The fraction of sp³-hybridized carbons (Fsp3) is 0.400. The van der Waals surface area contributed by atoms with Crippen molar-refractivity contribution in [2.45, 2.75) is 43.8 Å². The second kappa shape index (κ2) is 8.69. The molecule has 1 saturated carbocycles. The summed E-state index contributed by atoms with van der Waals surface area (Å²) in [6.07, 6.45) is 6.40. The van der Waals surface area contributed by atoms with Crippen molar-refractivity contribution in [3.8, 4) is 11.4 Å². The number of nitrogens with one attached hydrogen (secondary N) is 1. The smallest absolute Gasteiger partial charge is 0.235 e. The van der Waals surface area contributed by atoms with Gasteiger partial charge in [-0.2, -0.15) is 5.10 Å². The Morgan fingerprint density at radius 1 is 1.21 bits per heavy atom. The third-order valence-corrected chi connectivity index (χ3v) is 6.00. The number of anilines is 1.